The van der Waals surface area contributed by atoms with Crippen LogP contribution >= 0.6 is 0 Å². The van der Waals surface area contributed by atoms with Crippen LogP contribution in [0.4, 0.5) is 5.82 Å². The molecule has 0 atom stereocenters. The van der Waals surface area contributed by atoms with Gasteiger partial charge in [0.15, 0.2) is 0 Å². The van der Waals surface area contributed by atoms with Gasteiger partial charge in [-0.2, -0.15) is 0 Å². The van der Waals surface area contributed by atoms with Crippen LogP contribution in [-0.2, 0) is 6.54 Å². The zero-order chi connectivity index (χ0) is 11.7. The summed E-state index contributed by atoms with van der Waals surface area (Å²) in [5, 5.41) is 0. The summed E-state index contributed by atoms with van der Waals surface area (Å²) < 4.78 is 0. The molecular formula is C13H20N4. The third-order valence-electron chi connectivity index (χ3n) is 3.56. The maximum atomic E-state index is 5.63. The SMILES string of the molecule is NCc1cncc(N(CC2CC2)CC2CC2)n1. The van der Waals surface area contributed by atoms with Gasteiger partial charge in [0.05, 0.1) is 11.9 Å². The summed E-state index contributed by atoms with van der Waals surface area (Å²) in [5.74, 6) is 2.79. The maximum Gasteiger partial charge on any atom is 0.147 e. The smallest absolute Gasteiger partial charge is 0.147 e. The van der Waals surface area contributed by atoms with Gasteiger partial charge in [-0.25, -0.2) is 4.98 Å². The molecule has 0 unspecified atom stereocenters. The quantitative estimate of drug-likeness (QED) is 0.808. The fourth-order valence-corrected chi connectivity index (χ4v) is 2.13. The first-order chi connectivity index (χ1) is 8.35. The summed E-state index contributed by atoms with van der Waals surface area (Å²) in [5.41, 5.74) is 6.51. The second-order valence-corrected chi connectivity index (χ2v) is 5.36. The summed E-state index contributed by atoms with van der Waals surface area (Å²) in [6, 6.07) is 0. The lowest BCUT2D eigenvalue weighted by Gasteiger charge is -2.23. The van der Waals surface area contributed by atoms with Gasteiger partial charge in [-0.15, -0.1) is 0 Å². The first kappa shape index (κ1) is 11.0. The maximum absolute atomic E-state index is 5.63. The molecule has 1 heterocycles. The number of rotatable bonds is 6. The molecule has 0 radical (unpaired) electrons. The van der Waals surface area contributed by atoms with Crippen LogP contribution in [0.25, 0.3) is 0 Å². The third-order valence-corrected chi connectivity index (χ3v) is 3.56. The van der Waals surface area contributed by atoms with E-state index in [1.165, 1.54) is 25.7 Å². The van der Waals surface area contributed by atoms with Crippen molar-refractivity contribution >= 4 is 5.82 Å². The Morgan fingerprint density at radius 1 is 1.12 bits per heavy atom. The molecule has 3 rings (SSSR count). The predicted molar refractivity (Wildman–Crippen MR) is 67.6 cm³/mol. The van der Waals surface area contributed by atoms with Crippen molar-refractivity contribution in [1.82, 2.24) is 9.97 Å². The van der Waals surface area contributed by atoms with Crippen molar-refractivity contribution in [2.45, 2.75) is 32.2 Å². The molecule has 2 saturated carbocycles. The van der Waals surface area contributed by atoms with Gasteiger partial charge in [0.25, 0.3) is 0 Å². The Bertz CT molecular complexity index is 371. The topological polar surface area (TPSA) is 55.0 Å². The number of hydrogen-bond acceptors (Lipinski definition) is 4. The molecule has 1 aromatic rings. The van der Waals surface area contributed by atoms with E-state index >= 15 is 0 Å². The van der Waals surface area contributed by atoms with E-state index in [0.29, 0.717) is 6.54 Å². The monoisotopic (exact) mass is 232 g/mol. The molecule has 2 N–H and O–H groups in total. The minimum Gasteiger partial charge on any atom is -0.355 e. The Kier molecular flexibility index (Phi) is 2.97. The summed E-state index contributed by atoms with van der Waals surface area (Å²) in [4.78, 5) is 11.3. The van der Waals surface area contributed by atoms with Gasteiger partial charge >= 0.3 is 0 Å². The third kappa shape index (κ3) is 2.94. The van der Waals surface area contributed by atoms with E-state index < -0.39 is 0 Å². The highest BCUT2D eigenvalue weighted by Crippen LogP contribution is 2.35. The van der Waals surface area contributed by atoms with E-state index in [2.05, 4.69) is 14.9 Å². The average Bonchev–Trinajstić information content (AvgIpc) is 3.23. The number of aromatic nitrogens is 2. The minimum absolute atomic E-state index is 0.474. The first-order valence-corrected chi connectivity index (χ1v) is 6.61. The average molecular weight is 232 g/mol. The Labute approximate surface area is 102 Å². The van der Waals surface area contributed by atoms with Gasteiger partial charge < -0.3 is 10.6 Å². The van der Waals surface area contributed by atoms with Crippen LogP contribution in [0.3, 0.4) is 0 Å². The van der Waals surface area contributed by atoms with Crippen LogP contribution in [0, 0.1) is 11.8 Å². The van der Waals surface area contributed by atoms with Gasteiger partial charge in [0, 0.05) is 25.8 Å². The molecule has 17 heavy (non-hydrogen) atoms. The lowest BCUT2D eigenvalue weighted by Crippen LogP contribution is -2.29. The van der Waals surface area contributed by atoms with Crippen LogP contribution in [-0.4, -0.2) is 23.1 Å². The standard InChI is InChI=1S/C13H20N4/c14-5-12-6-15-7-13(16-12)17(8-10-1-2-10)9-11-3-4-11/h6-7,10-11H,1-5,8-9,14H2. The Morgan fingerprint density at radius 2 is 1.76 bits per heavy atom. The van der Waals surface area contributed by atoms with Crippen molar-refractivity contribution < 1.29 is 0 Å². The predicted octanol–water partition coefficient (Wildman–Crippen LogP) is 1.56. The fourth-order valence-electron chi connectivity index (χ4n) is 2.13. The Morgan fingerprint density at radius 3 is 2.29 bits per heavy atom. The van der Waals surface area contributed by atoms with E-state index in [-0.39, 0.29) is 0 Å². The Hall–Kier alpha value is -1.16. The molecule has 0 amide bonds. The largest absolute Gasteiger partial charge is 0.355 e. The number of anilines is 1. The van der Waals surface area contributed by atoms with Crippen molar-refractivity contribution in [3.63, 3.8) is 0 Å². The highest BCUT2D eigenvalue weighted by Gasteiger charge is 2.29. The highest BCUT2D eigenvalue weighted by molar-refractivity contribution is 5.37. The van der Waals surface area contributed by atoms with Crippen LogP contribution < -0.4 is 10.6 Å². The molecule has 0 spiro atoms. The van der Waals surface area contributed by atoms with Crippen molar-refractivity contribution in [3.8, 4) is 0 Å². The van der Waals surface area contributed by atoms with Crippen molar-refractivity contribution in [1.29, 1.82) is 0 Å². The molecular weight excluding hydrogens is 212 g/mol. The molecule has 92 valence electrons. The lowest BCUT2D eigenvalue weighted by atomic mass is 10.3. The zero-order valence-electron chi connectivity index (χ0n) is 10.2. The van der Waals surface area contributed by atoms with Crippen LogP contribution in [0.2, 0.25) is 0 Å². The summed E-state index contributed by atoms with van der Waals surface area (Å²) in [6.45, 7) is 2.78. The summed E-state index contributed by atoms with van der Waals surface area (Å²) >= 11 is 0. The minimum atomic E-state index is 0.474. The molecule has 2 aliphatic carbocycles. The molecule has 2 aliphatic rings. The number of nitrogens with two attached hydrogens (primary N) is 1. The molecule has 0 saturated heterocycles. The van der Waals surface area contributed by atoms with E-state index in [1.807, 2.05) is 6.20 Å². The lowest BCUT2D eigenvalue weighted by molar-refractivity contribution is 0.667. The fraction of sp³-hybridized carbons (Fsp3) is 0.692. The van der Waals surface area contributed by atoms with Crippen LogP contribution in [0.15, 0.2) is 12.4 Å². The van der Waals surface area contributed by atoms with Gasteiger partial charge in [0.2, 0.25) is 0 Å². The van der Waals surface area contributed by atoms with Crippen molar-refractivity contribution in [2.75, 3.05) is 18.0 Å². The second-order valence-electron chi connectivity index (χ2n) is 5.36. The van der Waals surface area contributed by atoms with E-state index in [1.54, 1.807) is 6.20 Å². The normalized spacial score (nSPS) is 19.4. The van der Waals surface area contributed by atoms with Gasteiger partial charge in [-0.3, -0.25) is 4.98 Å². The highest BCUT2D eigenvalue weighted by atomic mass is 15.2. The second kappa shape index (κ2) is 4.61. The van der Waals surface area contributed by atoms with E-state index in [9.17, 15) is 0 Å². The molecule has 0 aliphatic heterocycles. The van der Waals surface area contributed by atoms with Crippen molar-refractivity contribution in [3.05, 3.63) is 18.1 Å². The Balaban J connectivity index is 1.73. The van der Waals surface area contributed by atoms with Gasteiger partial charge in [-0.1, -0.05) is 0 Å². The van der Waals surface area contributed by atoms with Crippen molar-refractivity contribution in [2.24, 2.45) is 17.6 Å². The molecule has 1 aromatic heterocycles. The molecule has 0 bridgehead atoms. The van der Waals surface area contributed by atoms with E-state index in [4.69, 9.17) is 5.73 Å². The molecule has 4 heteroatoms. The zero-order valence-corrected chi connectivity index (χ0v) is 10.2. The van der Waals surface area contributed by atoms with Gasteiger partial charge in [0.1, 0.15) is 5.82 Å². The first-order valence-electron chi connectivity index (χ1n) is 6.61. The summed E-state index contributed by atoms with van der Waals surface area (Å²) in [6.07, 6.45) is 9.16. The summed E-state index contributed by atoms with van der Waals surface area (Å²) in [7, 11) is 0. The molecule has 2 fully saturated rings. The molecule has 0 aromatic carbocycles. The van der Waals surface area contributed by atoms with E-state index in [0.717, 1.165) is 36.4 Å². The number of nitrogens with zero attached hydrogens (tertiary/aromatic N) is 3. The number of hydrogen-bond donors (Lipinski definition) is 1. The molecule has 4 nitrogen and oxygen atoms in total. The van der Waals surface area contributed by atoms with Crippen LogP contribution in [0.1, 0.15) is 31.4 Å². The van der Waals surface area contributed by atoms with Crippen LogP contribution in [0.5, 0.6) is 0 Å². The van der Waals surface area contributed by atoms with Gasteiger partial charge in [-0.05, 0) is 37.5 Å².